The fourth-order valence-electron chi connectivity index (χ4n) is 2.43. The first-order valence-electron chi connectivity index (χ1n) is 6.04. The summed E-state index contributed by atoms with van der Waals surface area (Å²) in [6.45, 7) is 2.44. The number of hydrogen-bond acceptors (Lipinski definition) is 4. The summed E-state index contributed by atoms with van der Waals surface area (Å²) in [5, 5.41) is 0. The molecule has 3 atom stereocenters. The van der Waals surface area contributed by atoms with Gasteiger partial charge in [-0.2, -0.15) is 0 Å². The molecule has 0 aromatic carbocycles. The van der Waals surface area contributed by atoms with Crippen LogP contribution in [0.4, 0.5) is 0 Å². The summed E-state index contributed by atoms with van der Waals surface area (Å²) in [6, 6.07) is 0. The normalized spacial score (nSPS) is 36.3. The lowest BCUT2D eigenvalue weighted by atomic mass is 9.93. The molecule has 2 fully saturated rings. The van der Waals surface area contributed by atoms with Gasteiger partial charge >= 0.3 is 5.97 Å². The third kappa shape index (κ3) is 2.42. The van der Waals surface area contributed by atoms with Crippen LogP contribution in [0.25, 0.3) is 0 Å². The van der Waals surface area contributed by atoms with E-state index >= 15 is 0 Å². The van der Waals surface area contributed by atoms with Crippen molar-refractivity contribution in [2.24, 2.45) is 0 Å². The van der Waals surface area contributed by atoms with E-state index < -0.39 is 0 Å². The minimum Gasteiger partial charge on any atom is -0.447 e. The molecule has 3 rings (SSSR count). The first-order chi connectivity index (χ1) is 8.22. The molecule has 0 spiro atoms. The fraction of sp³-hybridized carbons (Fsp3) is 0.615. The van der Waals surface area contributed by atoms with Gasteiger partial charge < -0.3 is 14.2 Å². The highest BCUT2D eigenvalue weighted by atomic mass is 16.7. The Balaban J connectivity index is 1.63. The molecule has 4 nitrogen and oxygen atoms in total. The van der Waals surface area contributed by atoms with Gasteiger partial charge in [0.1, 0.15) is 12.9 Å². The molecule has 92 valence electrons. The van der Waals surface area contributed by atoms with Crippen molar-refractivity contribution >= 4 is 5.97 Å². The van der Waals surface area contributed by atoms with Crippen LogP contribution < -0.4 is 0 Å². The van der Waals surface area contributed by atoms with Gasteiger partial charge in [-0.25, -0.2) is 4.79 Å². The fourth-order valence-corrected chi connectivity index (χ4v) is 2.43. The van der Waals surface area contributed by atoms with Crippen LogP contribution in [-0.4, -0.2) is 31.1 Å². The van der Waals surface area contributed by atoms with Gasteiger partial charge in [0, 0.05) is 6.42 Å². The summed E-state index contributed by atoms with van der Waals surface area (Å²) in [5.41, 5.74) is 2.46. The Morgan fingerprint density at radius 2 is 2.35 bits per heavy atom. The van der Waals surface area contributed by atoms with E-state index in [0.29, 0.717) is 13.2 Å². The molecule has 0 saturated carbocycles. The molecule has 2 saturated heterocycles. The van der Waals surface area contributed by atoms with E-state index in [1.165, 1.54) is 11.1 Å². The van der Waals surface area contributed by atoms with Crippen molar-refractivity contribution in [2.75, 3.05) is 6.79 Å². The zero-order valence-electron chi connectivity index (χ0n) is 9.85. The number of ether oxygens (including phenoxy) is 3. The molecule has 0 radical (unpaired) electrons. The summed E-state index contributed by atoms with van der Waals surface area (Å²) in [6.07, 6.45) is 7.19. The quantitative estimate of drug-likeness (QED) is 0.700. The molecule has 17 heavy (non-hydrogen) atoms. The van der Waals surface area contributed by atoms with Crippen molar-refractivity contribution < 1.29 is 19.0 Å². The average Bonchev–Trinajstić information content (AvgIpc) is 2.79. The Morgan fingerprint density at radius 1 is 1.53 bits per heavy atom. The maximum absolute atomic E-state index is 10.8. The van der Waals surface area contributed by atoms with Gasteiger partial charge in [-0.3, -0.25) is 0 Å². The maximum Gasteiger partial charge on any atom is 0.348 e. The van der Waals surface area contributed by atoms with E-state index in [-0.39, 0.29) is 24.3 Å². The van der Waals surface area contributed by atoms with Crippen molar-refractivity contribution in [3.8, 4) is 0 Å². The second-order valence-corrected chi connectivity index (χ2v) is 4.85. The van der Waals surface area contributed by atoms with Crippen LogP contribution in [0.3, 0.4) is 0 Å². The summed E-state index contributed by atoms with van der Waals surface area (Å²) >= 11 is 0. The number of carbonyl (C=O) groups excluding carboxylic acids is 1. The van der Waals surface area contributed by atoms with Gasteiger partial charge in [0.05, 0.1) is 6.10 Å². The lowest BCUT2D eigenvalue weighted by Gasteiger charge is -2.20. The number of fused-ring (bicyclic) bond motifs is 1. The van der Waals surface area contributed by atoms with E-state index in [1.807, 2.05) is 6.92 Å². The van der Waals surface area contributed by atoms with Crippen LogP contribution >= 0.6 is 0 Å². The lowest BCUT2D eigenvalue weighted by molar-refractivity contribution is -0.117. The standard InChI is InChI=1S/C13H16O4/c1-8(5-12-13(14)17-12)4-9-2-3-10-11(6-9)16-7-15-10/h4,6,10-12H,2-3,5,7H2,1H3. The number of cyclic esters (lactones) is 1. The van der Waals surface area contributed by atoms with Crippen LogP contribution in [0.2, 0.25) is 0 Å². The highest BCUT2D eigenvalue weighted by Crippen LogP contribution is 2.29. The Morgan fingerprint density at radius 3 is 3.12 bits per heavy atom. The van der Waals surface area contributed by atoms with E-state index in [0.717, 1.165) is 12.8 Å². The van der Waals surface area contributed by atoms with Crippen LogP contribution in [0, 0.1) is 0 Å². The van der Waals surface area contributed by atoms with Gasteiger partial charge in [-0.1, -0.05) is 11.6 Å². The molecule has 2 heterocycles. The van der Waals surface area contributed by atoms with Crippen molar-refractivity contribution in [2.45, 2.75) is 44.5 Å². The molecule has 1 aliphatic carbocycles. The van der Waals surface area contributed by atoms with Gasteiger partial charge in [0.2, 0.25) is 6.10 Å². The van der Waals surface area contributed by atoms with Crippen LogP contribution in [-0.2, 0) is 19.0 Å². The zero-order chi connectivity index (χ0) is 11.8. The lowest BCUT2D eigenvalue weighted by Crippen LogP contribution is -2.24. The van der Waals surface area contributed by atoms with Crippen molar-refractivity contribution in [1.29, 1.82) is 0 Å². The van der Waals surface area contributed by atoms with Crippen LogP contribution in [0.15, 0.2) is 23.3 Å². The number of epoxide rings is 1. The van der Waals surface area contributed by atoms with Crippen molar-refractivity contribution in [1.82, 2.24) is 0 Å². The van der Waals surface area contributed by atoms with Gasteiger partial charge in [-0.15, -0.1) is 0 Å². The second kappa shape index (κ2) is 4.27. The molecule has 4 heteroatoms. The molecular formula is C13H16O4. The molecule has 3 aliphatic rings. The van der Waals surface area contributed by atoms with E-state index in [9.17, 15) is 4.79 Å². The van der Waals surface area contributed by atoms with E-state index in [2.05, 4.69) is 12.2 Å². The number of hydrogen-bond donors (Lipinski definition) is 0. The molecule has 0 bridgehead atoms. The maximum atomic E-state index is 10.8. The SMILES string of the molecule is CC(=CC1=CC2OCOC2CC1)CC1OC1=O. The Bertz CT molecular complexity index is 396. The summed E-state index contributed by atoms with van der Waals surface area (Å²) in [5.74, 6) is -0.0806. The average molecular weight is 236 g/mol. The molecule has 0 N–H and O–H groups in total. The highest BCUT2D eigenvalue weighted by Gasteiger charge is 2.37. The monoisotopic (exact) mass is 236 g/mol. The first kappa shape index (κ1) is 11.0. The minimum atomic E-state index is -0.186. The Labute approximate surface area is 100 Å². The highest BCUT2D eigenvalue weighted by molar-refractivity contribution is 5.87. The predicted molar refractivity (Wildman–Crippen MR) is 60.2 cm³/mol. The van der Waals surface area contributed by atoms with E-state index in [4.69, 9.17) is 14.2 Å². The topological polar surface area (TPSA) is 48.1 Å². The number of allylic oxidation sites excluding steroid dienone is 2. The third-order valence-corrected chi connectivity index (χ3v) is 3.41. The zero-order valence-corrected chi connectivity index (χ0v) is 9.85. The van der Waals surface area contributed by atoms with Crippen LogP contribution in [0.5, 0.6) is 0 Å². The van der Waals surface area contributed by atoms with Crippen molar-refractivity contribution in [3.63, 3.8) is 0 Å². The predicted octanol–water partition coefficient (Wildman–Crippen LogP) is 1.71. The minimum absolute atomic E-state index is 0.0806. The third-order valence-electron chi connectivity index (χ3n) is 3.41. The molecule has 0 amide bonds. The Hall–Kier alpha value is -1.13. The number of carbonyl (C=O) groups is 1. The summed E-state index contributed by atoms with van der Waals surface area (Å²) in [7, 11) is 0. The summed E-state index contributed by atoms with van der Waals surface area (Å²) in [4.78, 5) is 10.8. The number of rotatable bonds is 3. The van der Waals surface area contributed by atoms with Gasteiger partial charge in [0.25, 0.3) is 0 Å². The summed E-state index contributed by atoms with van der Waals surface area (Å²) < 4.78 is 15.7. The van der Waals surface area contributed by atoms with Gasteiger partial charge in [-0.05, 0) is 31.4 Å². The Kier molecular flexibility index (Phi) is 2.76. The second-order valence-electron chi connectivity index (χ2n) is 4.85. The molecular weight excluding hydrogens is 220 g/mol. The van der Waals surface area contributed by atoms with E-state index in [1.54, 1.807) is 0 Å². The van der Waals surface area contributed by atoms with Crippen molar-refractivity contribution in [3.05, 3.63) is 23.3 Å². The molecule has 0 aromatic rings. The molecule has 3 unspecified atom stereocenters. The molecule has 2 aliphatic heterocycles. The largest absolute Gasteiger partial charge is 0.447 e. The van der Waals surface area contributed by atoms with Gasteiger partial charge in [0.15, 0.2) is 0 Å². The first-order valence-corrected chi connectivity index (χ1v) is 6.04. The molecule has 0 aromatic heterocycles. The van der Waals surface area contributed by atoms with Crippen LogP contribution in [0.1, 0.15) is 26.2 Å². The smallest absolute Gasteiger partial charge is 0.348 e.